The zero-order chi connectivity index (χ0) is 21.1. The van der Waals surface area contributed by atoms with Gasteiger partial charge in [0.15, 0.2) is 5.82 Å². The molecule has 6 heteroatoms. The lowest BCUT2D eigenvalue weighted by atomic mass is 10.1. The SMILES string of the molecule is O=S(=Nc1cc(-c2scnc2-c2ccccc2)ccn1)(c1ccccc1)C1CCCC1. The van der Waals surface area contributed by atoms with Gasteiger partial charge in [-0.05, 0) is 42.7 Å². The van der Waals surface area contributed by atoms with Crippen LogP contribution in [-0.4, -0.2) is 19.4 Å². The first-order chi connectivity index (χ1) is 15.2. The zero-order valence-electron chi connectivity index (χ0n) is 17.1. The van der Waals surface area contributed by atoms with Crippen molar-refractivity contribution in [3.05, 3.63) is 84.5 Å². The van der Waals surface area contributed by atoms with Crippen molar-refractivity contribution in [1.29, 1.82) is 0 Å². The zero-order valence-corrected chi connectivity index (χ0v) is 18.7. The van der Waals surface area contributed by atoms with Crippen molar-refractivity contribution in [2.75, 3.05) is 0 Å². The Labute approximate surface area is 187 Å². The average molecular weight is 446 g/mol. The average Bonchev–Trinajstić information content (AvgIpc) is 3.53. The molecule has 2 aromatic heterocycles. The maximum atomic E-state index is 14.2. The second-order valence-electron chi connectivity index (χ2n) is 7.68. The maximum Gasteiger partial charge on any atom is 0.162 e. The molecule has 0 spiro atoms. The highest BCUT2D eigenvalue weighted by molar-refractivity contribution is 7.94. The van der Waals surface area contributed by atoms with E-state index in [1.807, 2.05) is 66.2 Å². The predicted octanol–water partition coefficient (Wildman–Crippen LogP) is 6.97. The van der Waals surface area contributed by atoms with Crippen LogP contribution in [0.1, 0.15) is 25.7 Å². The van der Waals surface area contributed by atoms with Crippen molar-refractivity contribution in [3.63, 3.8) is 0 Å². The molecule has 4 nitrogen and oxygen atoms in total. The molecule has 31 heavy (non-hydrogen) atoms. The van der Waals surface area contributed by atoms with E-state index < -0.39 is 9.73 Å². The molecule has 1 aliphatic rings. The lowest BCUT2D eigenvalue weighted by molar-refractivity contribution is 0.661. The van der Waals surface area contributed by atoms with Crippen molar-refractivity contribution >= 4 is 26.9 Å². The second kappa shape index (κ2) is 8.73. The van der Waals surface area contributed by atoms with E-state index >= 15 is 0 Å². The minimum atomic E-state index is -2.60. The molecule has 1 unspecified atom stereocenters. The monoisotopic (exact) mass is 445 g/mol. The van der Waals surface area contributed by atoms with Crippen molar-refractivity contribution < 1.29 is 4.21 Å². The Morgan fingerprint density at radius 1 is 0.871 bits per heavy atom. The smallest absolute Gasteiger partial charge is 0.162 e. The summed E-state index contributed by atoms with van der Waals surface area (Å²) in [6.07, 6.45) is 5.87. The first kappa shape index (κ1) is 20.1. The van der Waals surface area contributed by atoms with E-state index in [9.17, 15) is 4.21 Å². The number of hydrogen-bond acceptors (Lipinski definition) is 5. The molecule has 0 amide bonds. The van der Waals surface area contributed by atoms with Gasteiger partial charge in [0.05, 0.1) is 25.8 Å². The van der Waals surface area contributed by atoms with Gasteiger partial charge in [-0.1, -0.05) is 61.4 Å². The number of aromatic nitrogens is 2. The van der Waals surface area contributed by atoms with Gasteiger partial charge in [0.2, 0.25) is 0 Å². The third-order valence-electron chi connectivity index (χ3n) is 5.69. The summed E-state index contributed by atoms with van der Waals surface area (Å²) >= 11 is 1.59. The van der Waals surface area contributed by atoms with Gasteiger partial charge >= 0.3 is 0 Å². The summed E-state index contributed by atoms with van der Waals surface area (Å²) in [5, 5.41) is 0.0728. The summed E-state index contributed by atoms with van der Waals surface area (Å²) in [7, 11) is -2.60. The summed E-state index contributed by atoms with van der Waals surface area (Å²) in [6, 6.07) is 23.8. The molecule has 2 aromatic carbocycles. The minimum Gasteiger partial charge on any atom is -0.244 e. The fraction of sp³-hybridized carbons (Fsp3) is 0.200. The lowest BCUT2D eigenvalue weighted by Gasteiger charge is -2.17. The van der Waals surface area contributed by atoms with Gasteiger partial charge in [-0.15, -0.1) is 11.3 Å². The molecule has 156 valence electrons. The molecule has 4 aromatic rings. The van der Waals surface area contributed by atoms with Crippen molar-refractivity contribution in [1.82, 2.24) is 9.97 Å². The number of nitrogens with zero attached hydrogens (tertiary/aromatic N) is 3. The molecule has 1 saturated carbocycles. The van der Waals surface area contributed by atoms with Crippen molar-refractivity contribution in [2.45, 2.75) is 35.8 Å². The van der Waals surface area contributed by atoms with E-state index in [1.165, 1.54) is 0 Å². The van der Waals surface area contributed by atoms with Crippen LogP contribution in [0.15, 0.2) is 93.8 Å². The first-order valence-corrected chi connectivity index (χ1v) is 13.0. The Kier molecular flexibility index (Phi) is 5.66. The summed E-state index contributed by atoms with van der Waals surface area (Å²) in [5.41, 5.74) is 4.88. The Morgan fingerprint density at radius 2 is 1.58 bits per heavy atom. The van der Waals surface area contributed by atoms with Crippen LogP contribution < -0.4 is 0 Å². The van der Waals surface area contributed by atoms with Gasteiger partial charge in [0.25, 0.3) is 0 Å². The third kappa shape index (κ3) is 4.05. The number of thiazole rings is 1. The Hall–Kier alpha value is -2.83. The van der Waals surface area contributed by atoms with Crippen LogP contribution >= 0.6 is 11.3 Å². The molecule has 1 aliphatic carbocycles. The third-order valence-corrected chi connectivity index (χ3v) is 9.34. The minimum absolute atomic E-state index is 0.0728. The molecule has 1 atom stereocenters. The largest absolute Gasteiger partial charge is 0.244 e. The molecule has 0 N–H and O–H groups in total. The molecule has 0 bridgehead atoms. The highest BCUT2D eigenvalue weighted by Crippen LogP contribution is 2.37. The molecule has 0 saturated heterocycles. The molecule has 2 heterocycles. The van der Waals surface area contributed by atoms with E-state index in [2.05, 4.69) is 22.1 Å². The van der Waals surface area contributed by atoms with Gasteiger partial charge in [-0.2, -0.15) is 4.36 Å². The van der Waals surface area contributed by atoms with E-state index in [4.69, 9.17) is 4.36 Å². The highest BCUT2D eigenvalue weighted by Gasteiger charge is 2.29. The fourth-order valence-electron chi connectivity index (χ4n) is 4.14. The van der Waals surface area contributed by atoms with E-state index in [1.54, 1.807) is 17.5 Å². The summed E-state index contributed by atoms with van der Waals surface area (Å²) in [4.78, 5) is 10.9. The van der Waals surface area contributed by atoms with Gasteiger partial charge < -0.3 is 0 Å². The number of rotatable bonds is 5. The lowest BCUT2D eigenvalue weighted by Crippen LogP contribution is -2.17. The summed E-state index contributed by atoms with van der Waals surface area (Å²) in [5.74, 6) is 0.519. The van der Waals surface area contributed by atoms with Crippen LogP contribution in [-0.2, 0) is 9.73 Å². The molecule has 5 rings (SSSR count). The maximum absolute atomic E-state index is 14.2. The summed E-state index contributed by atoms with van der Waals surface area (Å²) < 4.78 is 19.0. The number of benzene rings is 2. The Balaban J connectivity index is 1.60. The van der Waals surface area contributed by atoms with Gasteiger partial charge in [0.1, 0.15) is 0 Å². The van der Waals surface area contributed by atoms with Crippen LogP contribution in [0.2, 0.25) is 0 Å². The normalized spacial score (nSPS) is 16.1. The van der Waals surface area contributed by atoms with Crippen LogP contribution in [0, 0.1) is 0 Å². The van der Waals surface area contributed by atoms with Crippen LogP contribution in [0.25, 0.3) is 21.7 Å². The number of hydrogen-bond donors (Lipinski definition) is 0. The van der Waals surface area contributed by atoms with Crippen LogP contribution in [0.5, 0.6) is 0 Å². The van der Waals surface area contributed by atoms with E-state index in [0.29, 0.717) is 5.82 Å². The second-order valence-corrected chi connectivity index (χ2v) is 11.0. The molecular formula is C25H23N3OS2. The van der Waals surface area contributed by atoms with Crippen molar-refractivity contribution in [3.8, 4) is 21.7 Å². The van der Waals surface area contributed by atoms with Gasteiger partial charge in [-0.25, -0.2) is 14.2 Å². The quantitative estimate of drug-likeness (QED) is 0.333. The molecule has 1 fully saturated rings. The highest BCUT2D eigenvalue weighted by atomic mass is 32.2. The van der Waals surface area contributed by atoms with Crippen molar-refractivity contribution in [2.24, 2.45) is 4.36 Å². The Morgan fingerprint density at radius 3 is 2.32 bits per heavy atom. The first-order valence-electron chi connectivity index (χ1n) is 10.5. The van der Waals surface area contributed by atoms with E-state index in [-0.39, 0.29) is 5.25 Å². The van der Waals surface area contributed by atoms with Gasteiger partial charge in [0, 0.05) is 21.9 Å². The fourth-order valence-corrected chi connectivity index (χ4v) is 7.49. The van der Waals surface area contributed by atoms with Crippen LogP contribution in [0.4, 0.5) is 5.82 Å². The number of pyridine rings is 1. The molecule has 0 radical (unpaired) electrons. The van der Waals surface area contributed by atoms with Gasteiger partial charge in [-0.3, -0.25) is 0 Å². The molecular weight excluding hydrogens is 422 g/mol. The van der Waals surface area contributed by atoms with Crippen LogP contribution in [0.3, 0.4) is 0 Å². The predicted molar refractivity (Wildman–Crippen MR) is 128 cm³/mol. The standard InChI is InChI=1S/C25H23N3OS2/c29-31(22-13-7-8-14-22,21-11-5-2-6-12-21)28-23-17-20(15-16-26-23)25-24(27-18-30-25)19-9-3-1-4-10-19/h1-6,9-12,15-18,22H,7-8,13-14H2. The topological polar surface area (TPSA) is 55.2 Å². The molecule has 0 aliphatic heterocycles. The summed E-state index contributed by atoms with van der Waals surface area (Å²) in [6.45, 7) is 0. The van der Waals surface area contributed by atoms with E-state index in [0.717, 1.165) is 52.3 Å². The Bertz CT molecular complexity index is 1290.